The Labute approximate surface area is 298 Å². The second-order valence-electron chi connectivity index (χ2n) is 16.0. The lowest BCUT2D eigenvalue weighted by Crippen LogP contribution is -2.31. The van der Waals surface area contributed by atoms with Crippen LogP contribution in [0.3, 0.4) is 0 Å². The van der Waals surface area contributed by atoms with E-state index < -0.39 is 29.9 Å². The fraction of sp³-hybridized carbons (Fsp3) is 0.976. The lowest BCUT2D eigenvalue weighted by Gasteiger charge is -2.25. The first kappa shape index (κ1) is 47.1. The average Bonchev–Trinajstić information content (AvgIpc) is 3.02. The summed E-state index contributed by atoms with van der Waals surface area (Å²) in [5.41, 5.74) is -1.05. The Balaban J connectivity index is 4.45. The van der Waals surface area contributed by atoms with Crippen LogP contribution in [0.5, 0.6) is 0 Å². The van der Waals surface area contributed by atoms with Crippen LogP contribution < -0.4 is 0 Å². The molecule has 0 aliphatic heterocycles. The van der Waals surface area contributed by atoms with Gasteiger partial charge in [0.1, 0.15) is 0 Å². The zero-order chi connectivity index (χ0) is 35.8. The van der Waals surface area contributed by atoms with E-state index in [1.54, 1.807) is 0 Å². The second kappa shape index (κ2) is 32.0. The maximum Gasteiger partial charge on any atom is 0.513 e. The van der Waals surface area contributed by atoms with Crippen molar-refractivity contribution in [2.45, 2.75) is 259 Å². The first-order chi connectivity index (χ1) is 23.0. The van der Waals surface area contributed by atoms with Gasteiger partial charge in [-0.1, -0.05) is 168 Å². The zero-order valence-electron chi connectivity index (χ0n) is 33.3. The molecule has 0 fully saturated rings. The molecule has 0 saturated carbocycles. The molecule has 7 heteroatoms. The predicted molar refractivity (Wildman–Crippen MR) is 200 cm³/mol. The monoisotopic (exact) mass is 687 g/mol. The predicted octanol–water partition coefficient (Wildman–Crippen LogP) is 14.2. The second-order valence-corrected chi connectivity index (χ2v) is 16.0. The van der Waals surface area contributed by atoms with E-state index in [0.29, 0.717) is 12.8 Å². The van der Waals surface area contributed by atoms with Gasteiger partial charge in [0, 0.05) is 12.8 Å². The molecule has 0 aromatic rings. The molecule has 0 amide bonds. The molecule has 0 aliphatic rings. The summed E-state index contributed by atoms with van der Waals surface area (Å²) in [6.45, 7) is 15.9. The molecule has 0 saturated heterocycles. The van der Waals surface area contributed by atoms with Crippen LogP contribution in [0.15, 0.2) is 0 Å². The van der Waals surface area contributed by atoms with Crippen molar-refractivity contribution in [3.8, 4) is 0 Å². The van der Waals surface area contributed by atoms with Crippen LogP contribution in [0.1, 0.15) is 235 Å². The third kappa shape index (κ3) is 36.4. The van der Waals surface area contributed by atoms with Crippen LogP contribution in [-0.2, 0) is 29.0 Å². The standard InChI is InChI=1S/C41H82O7/c1-9-11-13-15-17-19-21-23-25-27-29-31-33-35-37(45-47-40(3,4)5)43-39(42)44-38(46-48-41(6,7)8)36-34-32-30-28-26-24-22-20-18-16-14-12-10-2/h37-38H,9-36H2,1-8H3. The van der Waals surface area contributed by atoms with Crippen molar-refractivity contribution in [2.75, 3.05) is 0 Å². The fourth-order valence-corrected chi connectivity index (χ4v) is 5.55. The van der Waals surface area contributed by atoms with Crippen molar-refractivity contribution < 1.29 is 33.8 Å². The molecule has 0 aromatic heterocycles. The van der Waals surface area contributed by atoms with Crippen LogP contribution in [-0.4, -0.2) is 29.9 Å². The van der Waals surface area contributed by atoms with Gasteiger partial charge in [-0.2, -0.15) is 9.78 Å². The van der Waals surface area contributed by atoms with E-state index in [1.165, 1.54) is 141 Å². The Morgan fingerprint density at radius 3 is 0.854 bits per heavy atom. The van der Waals surface area contributed by atoms with E-state index in [4.69, 9.17) is 29.0 Å². The summed E-state index contributed by atoms with van der Waals surface area (Å²) in [5.74, 6) is 0. The number of carbonyl (C=O) groups is 1. The number of hydrogen-bond donors (Lipinski definition) is 0. The van der Waals surface area contributed by atoms with Crippen molar-refractivity contribution in [1.82, 2.24) is 0 Å². The summed E-state index contributed by atoms with van der Waals surface area (Å²) in [7, 11) is 0. The third-order valence-electron chi connectivity index (χ3n) is 8.35. The molecule has 7 nitrogen and oxygen atoms in total. The highest BCUT2D eigenvalue weighted by Crippen LogP contribution is 2.20. The summed E-state index contributed by atoms with van der Waals surface area (Å²) in [4.78, 5) is 35.0. The van der Waals surface area contributed by atoms with E-state index in [1.807, 2.05) is 41.5 Å². The molecule has 0 spiro atoms. The minimum absolute atomic E-state index is 0.526. The topological polar surface area (TPSA) is 72.5 Å². The molecule has 0 N–H and O–H groups in total. The summed E-state index contributed by atoms with van der Waals surface area (Å²) in [6.07, 6.45) is 31.7. The molecular formula is C41H82O7. The SMILES string of the molecule is CCCCCCCCCCCCCCCC(OOC(C)(C)C)OC(=O)OC(CCCCCCCCCCCCCCC)OOC(C)(C)C. The molecule has 0 aliphatic carbocycles. The molecule has 0 radical (unpaired) electrons. The molecule has 0 rings (SSSR count). The Bertz CT molecular complexity index is 629. The molecule has 0 heterocycles. The van der Waals surface area contributed by atoms with E-state index in [2.05, 4.69) is 13.8 Å². The van der Waals surface area contributed by atoms with E-state index in [9.17, 15) is 4.79 Å². The van der Waals surface area contributed by atoms with Gasteiger partial charge in [0.05, 0.1) is 11.2 Å². The Kier molecular flexibility index (Phi) is 31.5. The quantitative estimate of drug-likeness (QED) is 0.0219. The normalized spacial score (nSPS) is 13.5. The van der Waals surface area contributed by atoms with Crippen molar-refractivity contribution in [2.24, 2.45) is 0 Å². The summed E-state index contributed by atoms with van der Waals surface area (Å²) < 4.78 is 11.2. The number of ether oxygens (including phenoxy) is 2. The first-order valence-corrected chi connectivity index (χ1v) is 20.5. The Morgan fingerprint density at radius 2 is 0.625 bits per heavy atom. The Hall–Kier alpha value is -0.890. The lowest BCUT2D eigenvalue weighted by molar-refractivity contribution is -0.421. The Morgan fingerprint density at radius 1 is 0.396 bits per heavy atom. The van der Waals surface area contributed by atoms with Gasteiger partial charge >= 0.3 is 6.16 Å². The summed E-state index contributed by atoms with van der Waals surface area (Å²) >= 11 is 0. The van der Waals surface area contributed by atoms with Crippen LogP contribution >= 0.6 is 0 Å². The number of unbranched alkanes of at least 4 members (excludes halogenated alkanes) is 24. The smallest absolute Gasteiger partial charge is 0.401 e. The van der Waals surface area contributed by atoms with Gasteiger partial charge in [0.15, 0.2) is 0 Å². The van der Waals surface area contributed by atoms with Gasteiger partial charge < -0.3 is 9.47 Å². The highest BCUT2D eigenvalue weighted by Gasteiger charge is 2.25. The highest BCUT2D eigenvalue weighted by molar-refractivity contribution is 5.60. The molecule has 2 atom stereocenters. The van der Waals surface area contributed by atoms with Crippen LogP contribution in [0.4, 0.5) is 4.79 Å². The average molecular weight is 687 g/mol. The number of hydrogen-bond acceptors (Lipinski definition) is 7. The first-order valence-electron chi connectivity index (χ1n) is 20.5. The number of rotatable bonds is 34. The lowest BCUT2D eigenvalue weighted by atomic mass is 10.0. The summed E-state index contributed by atoms with van der Waals surface area (Å²) in [5, 5.41) is 0. The minimum Gasteiger partial charge on any atom is -0.401 e. The van der Waals surface area contributed by atoms with E-state index >= 15 is 0 Å². The maximum atomic E-state index is 12.9. The van der Waals surface area contributed by atoms with Gasteiger partial charge in [-0.25, -0.2) is 14.6 Å². The largest absolute Gasteiger partial charge is 0.513 e. The third-order valence-corrected chi connectivity index (χ3v) is 8.35. The van der Waals surface area contributed by atoms with Gasteiger partial charge in [-0.15, -0.1) is 0 Å². The van der Waals surface area contributed by atoms with Crippen LogP contribution in [0.2, 0.25) is 0 Å². The van der Waals surface area contributed by atoms with Gasteiger partial charge in [-0.05, 0) is 54.4 Å². The molecular weight excluding hydrogens is 604 g/mol. The maximum absolute atomic E-state index is 12.9. The van der Waals surface area contributed by atoms with Crippen LogP contribution in [0.25, 0.3) is 0 Å². The van der Waals surface area contributed by atoms with Crippen molar-refractivity contribution >= 4 is 6.16 Å². The zero-order valence-corrected chi connectivity index (χ0v) is 33.3. The van der Waals surface area contributed by atoms with Crippen molar-refractivity contribution in [1.29, 1.82) is 0 Å². The molecule has 0 bridgehead atoms. The van der Waals surface area contributed by atoms with Gasteiger partial charge in [0.25, 0.3) is 0 Å². The fourth-order valence-electron chi connectivity index (χ4n) is 5.55. The van der Waals surface area contributed by atoms with Crippen molar-refractivity contribution in [3.63, 3.8) is 0 Å². The minimum atomic E-state index is -0.843. The molecule has 0 aromatic carbocycles. The molecule has 2 unspecified atom stereocenters. The molecule has 48 heavy (non-hydrogen) atoms. The molecule has 288 valence electrons. The number of carbonyl (C=O) groups excluding carboxylic acids is 1. The summed E-state index contributed by atoms with van der Waals surface area (Å²) in [6, 6.07) is 0. The van der Waals surface area contributed by atoms with Crippen molar-refractivity contribution in [3.05, 3.63) is 0 Å². The van der Waals surface area contributed by atoms with Gasteiger partial charge in [-0.3, -0.25) is 0 Å². The highest BCUT2D eigenvalue weighted by atomic mass is 17.2. The van der Waals surface area contributed by atoms with E-state index in [0.717, 1.165) is 25.7 Å². The van der Waals surface area contributed by atoms with Crippen LogP contribution in [0, 0.1) is 0 Å². The van der Waals surface area contributed by atoms with Gasteiger partial charge in [0.2, 0.25) is 12.6 Å². The van der Waals surface area contributed by atoms with E-state index in [-0.39, 0.29) is 0 Å².